The number of rotatable bonds is 3. The summed E-state index contributed by atoms with van der Waals surface area (Å²) >= 11 is 0. The molecule has 92 valence electrons. The zero-order valence-corrected chi connectivity index (χ0v) is 9.47. The van der Waals surface area contributed by atoms with Crippen LogP contribution in [0.4, 0.5) is 14.5 Å². The molecule has 0 heterocycles. The lowest BCUT2D eigenvalue weighted by molar-refractivity contribution is -0.0901. The molecule has 0 bridgehead atoms. The van der Waals surface area contributed by atoms with Crippen LogP contribution >= 0.6 is 0 Å². The average molecular weight is 240 g/mol. The topological polar surface area (TPSA) is 41.1 Å². The average Bonchev–Trinajstić information content (AvgIpc) is 2.26. The number of anilines is 1. The van der Waals surface area contributed by atoms with Crippen molar-refractivity contribution in [2.45, 2.75) is 24.8 Å². The van der Waals surface area contributed by atoms with Gasteiger partial charge in [-0.25, -0.2) is 8.78 Å². The van der Waals surface area contributed by atoms with Crippen LogP contribution in [0.25, 0.3) is 0 Å². The molecule has 1 aliphatic rings. The van der Waals surface area contributed by atoms with Gasteiger partial charge in [0, 0.05) is 37.2 Å². The highest BCUT2D eigenvalue weighted by molar-refractivity contribution is 5.94. The summed E-state index contributed by atoms with van der Waals surface area (Å²) in [5, 5.41) is 5.52. The Morgan fingerprint density at radius 2 is 1.88 bits per heavy atom. The highest BCUT2D eigenvalue weighted by Gasteiger charge is 2.45. The Morgan fingerprint density at radius 1 is 1.29 bits per heavy atom. The maximum Gasteiger partial charge on any atom is 0.252 e. The molecular formula is C12H14F2N2O. The summed E-state index contributed by atoms with van der Waals surface area (Å²) in [5.41, 5.74) is 1.39. The third-order valence-corrected chi connectivity index (χ3v) is 2.86. The van der Waals surface area contributed by atoms with Gasteiger partial charge in [-0.3, -0.25) is 4.79 Å². The van der Waals surface area contributed by atoms with E-state index in [1.165, 1.54) is 0 Å². The first-order chi connectivity index (χ1) is 8.00. The Balaban J connectivity index is 1.91. The number of hydrogen-bond donors (Lipinski definition) is 2. The molecule has 1 fully saturated rings. The Morgan fingerprint density at radius 3 is 2.35 bits per heavy atom. The van der Waals surface area contributed by atoms with Crippen LogP contribution in [0.5, 0.6) is 0 Å². The van der Waals surface area contributed by atoms with Crippen molar-refractivity contribution in [2.24, 2.45) is 0 Å². The molecular weight excluding hydrogens is 226 g/mol. The first-order valence-corrected chi connectivity index (χ1v) is 5.47. The molecule has 0 radical (unpaired) electrons. The van der Waals surface area contributed by atoms with Crippen LogP contribution in [0.15, 0.2) is 24.3 Å². The van der Waals surface area contributed by atoms with Crippen molar-refractivity contribution in [3.63, 3.8) is 0 Å². The number of hydrogen-bond acceptors (Lipinski definition) is 2. The number of amides is 1. The third kappa shape index (κ3) is 2.72. The van der Waals surface area contributed by atoms with Crippen LogP contribution < -0.4 is 10.6 Å². The molecule has 0 atom stereocenters. The predicted octanol–water partition coefficient (Wildman–Crippen LogP) is 2.26. The number of carbonyl (C=O) groups is 1. The molecule has 1 aromatic carbocycles. The van der Waals surface area contributed by atoms with Gasteiger partial charge in [0.15, 0.2) is 0 Å². The maximum atomic E-state index is 12.6. The van der Waals surface area contributed by atoms with Gasteiger partial charge in [-0.15, -0.1) is 0 Å². The lowest BCUT2D eigenvalue weighted by atomic mass is 9.88. The summed E-state index contributed by atoms with van der Waals surface area (Å²) in [6, 6.07) is 6.46. The lowest BCUT2D eigenvalue weighted by Crippen LogP contribution is -2.50. The molecule has 5 heteroatoms. The van der Waals surface area contributed by atoms with Gasteiger partial charge in [0.1, 0.15) is 0 Å². The summed E-state index contributed by atoms with van der Waals surface area (Å²) in [5.74, 6) is -2.90. The largest absolute Gasteiger partial charge is 0.388 e. The summed E-state index contributed by atoms with van der Waals surface area (Å²) in [6.45, 7) is 0. The minimum absolute atomic E-state index is 0.257. The fourth-order valence-corrected chi connectivity index (χ4v) is 1.82. The molecule has 0 aromatic heterocycles. The minimum Gasteiger partial charge on any atom is -0.388 e. The summed E-state index contributed by atoms with van der Waals surface area (Å²) in [6.07, 6.45) is -0.513. The second kappa shape index (κ2) is 4.31. The van der Waals surface area contributed by atoms with Crippen molar-refractivity contribution in [3.05, 3.63) is 29.8 Å². The molecule has 1 aliphatic carbocycles. The Hall–Kier alpha value is -1.65. The summed E-state index contributed by atoms with van der Waals surface area (Å²) < 4.78 is 25.2. The van der Waals surface area contributed by atoms with E-state index in [1.807, 2.05) is 0 Å². The molecule has 17 heavy (non-hydrogen) atoms. The zero-order valence-electron chi connectivity index (χ0n) is 9.47. The van der Waals surface area contributed by atoms with E-state index in [0.717, 1.165) is 5.69 Å². The summed E-state index contributed by atoms with van der Waals surface area (Å²) in [7, 11) is 1.78. The smallest absolute Gasteiger partial charge is 0.252 e. The Bertz CT molecular complexity index is 409. The van der Waals surface area contributed by atoms with Gasteiger partial charge in [-0.2, -0.15) is 0 Å². The molecule has 0 saturated heterocycles. The Kier molecular flexibility index (Phi) is 3.00. The molecule has 0 aliphatic heterocycles. The van der Waals surface area contributed by atoms with Crippen molar-refractivity contribution >= 4 is 11.6 Å². The SMILES string of the molecule is CNc1ccc(C(=O)NC2CC(F)(F)C2)cc1. The van der Waals surface area contributed by atoms with E-state index in [2.05, 4.69) is 10.6 Å². The number of benzene rings is 1. The van der Waals surface area contributed by atoms with Crippen LogP contribution in [0.3, 0.4) is 0 Å². The van der Waals surface area contributed by atoms with Gasteiger partial charge in [0.2, 0.25) is 0 Å². The second-order valence-corrected chi connectivity index (χ2v) is 4.26. The second-order valence-electron chi connectivity index (χ2n) is 4.26. The van der Waals surface area contributed by atoms with E-state index in [4.69, 9.17) is 0 Å². The van der Waals surface area contributed by atoms with Crippen molar-refractivity contribution in [1.82, 2.24) is 5.32 Å². The van der Waals surface area contributed by atoms with E-state index >= 15 is 0 Å². The third-order valence-electron chi connectivity index (χ3n) is 2.86. The lowest BCUT2D eigenvalue weighted by Gasteiger charge is -2.35. The maximum absolute atomic E-state index is 12.6. The van der Waals surface area contributed by atoms with Crippen LogP contribution in [0, 0.1) is 0 Å². The van der Waals surface area contributed by atoms with Crippen molar-refractivity contribution in [1.29, 1.82) is 0 Å². The van der Waals surface area contributed by atoms with E-state index in [9.17, 15) is 13.6 Å². The standard InChI is InChI=1S/C12H14F2N2O/c1-15-9-4-2-8(3-5-9)11(17)16-10-6-12(13,14)7-10/h2-5,10,15H,6-7H2,1H3,(H,16,17). The van der Waals surface area contributed by atoms with E-state index < -0.39 is 12.0 Å². The zero-order chi connectivity index (χ0) is 12.5. The van der Waals surface area contributed by atoms with E-state index in [1.54, 1.807) is 31.3 Å². The molecule has 1 saturated carbocycles. The monoisotopic (exact) mass is 240 g/mol. The quantitative estimate of drug-likeness (QED) is 0.850. The van der Waals surface area contributed by atoms with Gasteiger partial charge < -0.3 is 10.6 Å². The van der Waals surface area contributed by atoms with Crippen LogP contribution in [0.2, 0.25) is 0 Å². The molecule has 0 unspecified atom stereocenters. The number of halogens is 2. The van der Waals surface area contributed by atoms with Gasteiger partial charge in [-0.1, -0.05) is 0 Å². The van der Waals surface area contributed by atoms with Gasteiger partial charge in [0.25, 0.3) is 11.8 Å². The molecule has 2 rings (SSSR count). The van der Waals surface area contributed by atoms with Crippen LogP contribution in [0.1, 0.15) is 23.2 Å². The first kappa shape index (κ1) is 11.8. The van der Waals surface area contributed by atoms with Crippen molar-refractivity contribution in [2.75, 3.05) is 12.4 Å². The van der Waals surface area contributed by atoms with Crippen LogP contribution in [-0.2, 0) is 0 Å². The highest BCUT2D eigenvalue weighted by Crippen LogP contribution is 2.37. The first-order valence-electron chi connectivity index (χ1n) is 5.47. The normalized spacial score (nSPS) is 18.3. The number of nitrogens with one attached hydrogen (secondary N) is 2. The van der Waals surface area contributed by atoms with Gasteiger partial charge >= 0.3 is 0 Å². The minimum atomic E-state index is -2.60. The molecule has 1 amide bonds. The molecule has 1 aromatic rings. The fraction of sp³-hybridized carbons (Fsp3) is 0.417. The fourth-order valence-electron chi connectivity index (χ4n) is 1.82. The van der Waals surface area contributed by atoms with E-state index in [0.29, 0.717) is 5.56 Å². The van der Waals surface area contributed by atoms with Crippen molar-refractivity contribution < 1.29 is 13.6 Å². The number of carbonyl (C=O) groups excluding carboxylic acids is 1. The molecule has 0 spiro atoms. The molecule has 2 N–H and O–H groups in total. The summed E-state index contributed by atoms with van der Waals surface area (Å²) in [4.78, 5) is 11.7. The van der Waals surface area contributed by atoms with Gasteiger partial charge in [-0.05, 0) is 24.3 Å². The van der Waals surface area contributed by atoms with Crippen LogP contribution in [-0.4, -0.2) is 24.9 Å². The predicted molar refractivity (Wildman–Crippen MR) is 61.4 cm³/mol. The van der Waals surface area contributed by atoms with Crippen molar-refractivity contribution in [3.8, 4) is 0 Å². The number of alkyl halides is 2. The highest BCUT2D eigenvalue weighted by atomic mass is 19.3. The van der Waals surface area contributed by atoms with Gasteiger partial charge in [0.05, 0.1) is 0 Å². The van der Waals surface area contributed by atoms with E-state index in [-0.39, 0.29) is 18.7 Å². The Labute approximate surface area is 98.2 Å². The molecule has 3 nitrogen and oxygen atoms in total.